The van der Waals surface area contributed by atoms with Crippen LogP contribution in [0.15, 0.2) is 65.4 Å². The normalized spacial score (nSPS) is 10.4. The molecule has 7 nitrogen and oxygen atoms in total. The number of rotatable bonds is 6. The molecule has 0 bridgehead atoms. The van der Waals surface area contributed by atoms with Crippen LogP contribution in [0, 0.1) is 0 Å². The maximum Gasteiger partial charge on any atom is 0.258 e. The van der Waals surface area contributed by atoms with Crippen LogP contribution in [0.3, 0.4) is 0 Å². The predicted molar refractivity (Wildman–Crippen MR) is 106 cm³/mol. The lowest BCUT2D eigenvalue weighted by atomic mass is 10.2. The van der Waals surface area contributed by atoms with E-state index in [-0.39, 0.29) is 18.4 Å². The Kier molecular flexibility index (Phi) is 6.00. The van der Waals surface area contributed by atoms with Gasteiger partial charge in [0, 0.05) is 29.2 Å². The van der Waals surface area contributed by atoms with Gasteiger partial charge in [-0.3, -0.25) is 9.59 Å². The second-order valence-electron chi connectivity index (χ2n) is 5.66. The summed E-state index contributed by atoms with van der Waals surface area (Å²) in [6, 6.07) is 14.4. The molecule has 8 heteroatoms. The van der Waals surface area contributed by atoms with Gasteiger partial charge in [0.15, 0.2) is 0 Å². The highest BCUT2D eigenvalue weighted by atomic mass is 79.9. The fourth-order valence-electron chi connectivity index (χ4n) is 2.34. The third-order valence-corrected chi connectivity index (χ3v) is 4.17. The first-order valence-corrected chi connectivity index (χ1v) is 8.85. The number of nitrogens with one attached hydrogen (secondary N) is 2. The van der Waals surface area contributed by atoms with E-state index in [1.807, 2.05) is 24.3 Å². The lowest BCUT2D eigenvalue weighted by Crippen LogP contribution is -2.17. The van der Waals surface area contributed by atoms with E-state index >= 15 is 0 Å². The van der Waals surface area contributed by atoms with Crippen molar-refractivity contribution in [1.82, 2.24) is 9.78 Å². The molecular formula is C19H17BrN4O3. The number of hydrogen-bond acceptors (Lipinski definition) is 4. The standard InChI is InChI=1S/C19H17BrN4O3/c1-27-12-18(25)22-15-4-6-16(7-5-15)23-19(26)13-10-21-24(11-13)17-8-2-14(20)3-9-17/h2-11H,12H2,1H3,(H,22,25)(H,23,26). The van der Waals surface area contributed by atoms with Crippen molar-refractivity contribution in [3.8, 4) is 5.69 Å². The molecule has 0 atom stereocenters. The molecule has 0 aliphatic carbocycles. The smallest absolute Gasteiger partial charge is 0.258 e. The number of amides is 2. The van der Waals surface area contributed by atoms with Crippen molar-refractivity contribution in [2.24, 2.45) is 0 Å². The molecule has 1 heterocycles. The lowest BCUT2D eigenvalue weighted by Gasteiger charge is -2.07. The highest BCUT2D eigenvalue weighted by Gasteiger charge is 2.10. The highest BCUT2D eigenvalue weighted by Crippen LogP contribution is 2.16. The van der Waals surface area contributed by atoms with Crippen LogP contribution in [0.5, 0.6) is 0 Å². The van der Waals surface area contributed by atoms with Gasteiger partial charge in [0.25, 0.3) is 5.91 Å². The quantitative estimate of drug-likeness (QED) is 0.629. The number of hydrogen-bond donors (Lipinski definition) is 2. The number of nitrogens with zero attached hydrogens (tertiary/aromatic N) is 2. The molecule has 27 heavy (non-hydrogen) atoms. The molecule has 0 aliphatic heterocycles. The molecule has 0 saturated carbocycles. The van der Waals surface area contributed by atoms with Crippen molar-refractivity contribution in [3.63, 3.8) is 0 Å². The summed E-state index contributed by atoms with van der Waals surface area (Å²) in [4.78, 5) is 23.9. The number of carbonyl (C=O) groups is 2. The van der Waals surface area contributed by atoms with E-state index in [0.717, 1.165) is 10.2 Å². The third kappa shape index (κ3) is 5.02. The van der Waals surface area contributed by atoms with Gasteiger partial charge in [0.2, 0.25) is 5.91 Å². The first-order valence-electron chi connectivity index (χ1n) is 8.06. The SMILES string of the molecule is COCC(=O)Nc1ccc(NC(=O)c2cnn(-c3ccc(Br)cc3)c2)cc1. The van der Waals surface area contributed by atoms with Crippen LogP contribution in [-0.2, 0) is 9.53 Å². The van der Waals surface area contributed by atoms with E-state index in [2.05, 4.69) is 31.7 Å². The van der Waals surface area contributed by atoms with Gasteiger partial charge in [-0.25, -0.2) is 4.68 Å². The Hall–Kier alpha value is -2.97. The van der Waals surface area contributed by atoms with Crippen LogP contribution in [0.25, 0.3) is 5.69 Å². The Balaban J connectivity index is 1.63. The van der Waals surface area contributed by atoms with Crippen molar-refractivity contribution in [2.75, 3.05) is 24.4 Å². The molecule has 0 saturated heterocycles. The molecule has 0 fully saturated rings. The molecule has 0 unspecified atom stereocenters. The molecule has 0 aliphatic rings. The van der Waals surface area contributed by atoms with Crippen molar-refractivity contribution in [2.45, 2.75) is 0 Å². The second-order valence-corrected chi connectivity index (χ2v) is 6.58. The minimum absolute atomic E-state index is 0.0131. The zero-order valence-electron chi connectivity index (χ0n) is 14.5. The van der Waals surface area contributed by atoms with E-state index in [1.165, 1.54) is 13.3 Å². The van der Waals surface area contributed by atoms with Gasteiger partial charge in [0.1, 0.15) is 6.61 Å². The number of anilines is 2. The summed E-state index contributed by atoms with van der Waals surface area (Å²) in [7, 11) is 1.46. The summed E-state index contributed by atoms with van der Waals surface area (Å²) in [6.45, 7) is -0.0131. The maximum atomic E-state index is 12.4. The van der Waals surface area contributed by atoms with Crippen molar-refractivity contribution >= 4 is 39.1 Å². The number of ether oxygens (including phenoxy) is 1. The van der Waals surface area contributed by atoms with E-state index in [1.54, 1.807) is 35.1 Å². The third-order valence-electron chi connectivity index (χ3n) is 3.64. The molecule has 2 aromatic carbocycles. The summed E-state index contributed by atoms with van der Waals surface area (Å²) in [5, 5.41) is 9.71. The average Bonchev–Trinajstić information content (AvgIpc) is 3.14. The maximum absolute atomic E-state index is 12.4. The first-order chi connectivity index (χ1) is 13.0. The molecule has 2 amide bonds. The van der Waals surface area contributed by atoms with Crippen molar-refractivity contribution < 1.29 is 14.3 Å². The Bertz CT molecular complexity index is 936. The molecule has 138 valence electrons. The van der Waals surface area contributed by atoms with Gasteiger partial charge < -0.3 is 15.4 Å². The minimum Gasteiger partial charge on any atom is -0.375 e. The first kappa shape index (κ1) is 18.8. The van der Waals surface area contributed by atoms with Crippen molar-refractivity contribution in [3.05, 3.63) is 71.0 Å². The molecular weight excluding hydrogens is 412 g/mol. The second kappa shape index (κ2) is 8.61. The van der Waals surface area contributed by atoms with Gasteiger partial charge in [-0.05, 0) is 48.5 Å². The average molecular weight is 429 g/mol. The minimum atomic E-state index is -0.269. The van der Waals surface area contributed by atoms with E-state index < -0.39 is 0 Å². The largest absolute Gasteiger partial charge is 0.375 e. The molecule has 3 rings (SSSR count). The lowest BCUT2D eigenvalue weighted by molar-refractivity contribution is -0.119. The van der Waals surface area contributed by atoms with Gasteiger partial charge in [-0.2, -0.15) is 5.10 Å². The Labute approximate surface area is 164 Å². The zero-order valence-corrected chi connectivity index (χ0v) is 16.1. The zero-order chi connectivity index (χ0) is 19.2. The number of benzene rings is 2. The molecule has 3 aromatic rings. The Morgan fingerprint density at radius 3 is 2.30 bits per heavy atom. The van der Waals surface area contributed by atoms with Gasteiger partial charge in [-0.1, -0.05) is 15.9 Å². The van der Waals surface area contributed by atoms with E-state index in [0.29, 0.717) is 16.9 Å². The number of carbonyl (C=O) groups excluding carboxylic acids is 2. The van der Waals surface area contributed by atoms with Crippen LogP contribution in [0.4, 0.5) is 11.4 Å². The summed E-state index contributed by atoms with van der Waals surface area (Å²) < 4.78 is 7.37. The summed E-state index contributed by atoms with van der Waals surface area (Å²) >= 11 is 3.39. The number of halogens is 1. The molecule has 2 N–H and O–H groups in total. The fourth-order valence-corrected chi connectivity index (χ4v) is 2.61. The van der Waals surface area contributed by atoms with Crippen molar-refractivity contribution in [1.29, 1.82) is 0 Å². The van der Waals surface area contributed by atoms with Crippen LogP contribution < -0.4 is 10.6 Å². The van der Waals surface area contributed by atoms with Gasteiger partial charge >= 0.3 is 0 Å². The van der Waals surface area contributed by atoms with E-state index in [9.17, 15) is 9.59 Å². The summed E-state index contributed by atoms with van der Waals surface area (Å²) in [5.74, 6) is -0.510. The van der Waals surface area contributed by atoms with Crippen LogP contribution in [-0.4, -0.2) is 35.3 Å². The summed E-state index contributed by atoms with van der Waals surface area (Å²) in [5.41, 5.74) is 2.53. The van der Waals surface area contributed by atoms with Gasteiger partial charge in [0.05, 0.1) is 17.4 Å². The highest BCUT2D eigenvalue weighted by molar-refractivity contribution is 9.10. The van der Waals surface area contributed by atoms with Crippen LogP contribution >= 0.6 is 15.9 Å². The summed E-state index contributed by atoms with van der Waals surface area (Å²) in [6.07, 6.45) is 3.18. The van der Waals surface area contributed by atoms with E-state index in [4.69, 9.17) is 4.74 Å². The Morgan fingerprint density at radius 2 is 1.67 bits per heavy atom. The molecule has 0 spiro atoms. The number of methoxy groups -OCH3 is 1. The number of aromatic nitrogens is 2. The fraction of sp³-hybridized carbons (Fsp3) is 0.105. The Morgan fingerprint density at radius 1 is 1.04 bits per heavy atom. The molecule has 1 aromatic heterocycles. The topological polar surface area (TPSA) is 85.2 Å². The van der Waals surface area contributed by atoms with Gasteiger partial charge in [-0.15, -0.1) is 0 Å². The molecule has 0 radical (unpaired) electrons. The monoisotopic (exact) mass is 428 g/mol. The van der Waals surface area contributed by atoms with Crippen LogP contribution in [0.1, 0.15) is 10.4 Å². The van der Waals surface area contributed by atoms with Crippen LogP contribution in [0.2, 0.25) is 0 Å². The predicted octanol–water partition coefficient (Wildman–Crippen LogP) is 3.47.